The summed E-state index contributed by atoms with van der Waals surface area (Å²) in [5.74, 6) is 1.86. The Morgan fingerprint density at radius 1 is 1.43 bits per heavy atom. The Labute approximate surface area is 126 Å². The molecule has 0 spiro atoms. The standard InChI is InChI=1S/C16H25N5/c1-12(2)20(10-14-5-4-6-17-9-14)16-8-13(3)7-15-18-11-19-21(15)16/h7-8,11-12,14,17H,4-6,9-10H2,1-3H3. The van der Waals surface area contributed by atoms with Crippen LogP contribution in [0.2, 0.25) is 0 Å². The molecule has 21 heavy (non-hydrogen) atoms. The van der Waals surface area contributed by atoms with Crippen LogP contribution in [-0.4, -0.2) is 40.3 Å². The van der Waals surface area contributed by atoms with Gasteiger partial charge in [0.2, 0.25) is 0 Å². The zero-order chi connectivity index (χ0) is 14.8. The Hall–Kier alpha value is -1.62. The van der Waals surface area contributed by atoms with Crippen molar-refractivity contribution in [3.05, 3.63) is 24.0 Å². The van der Waals surface area contributed by atoms with E-state index >= 15 is 0 Å². The molecule has 5 heteroatoms. The molecule has 0 saturated carbocycles. The molecule has 1 unspecified atom stereocenters. The van der Waals surface area contributed by atoms with E-state index in [9.17, 15) is 0 Å². The van der Waals surface area contributed by atoms with Crippen LogP contribution in [-0.2, 0) is 0 Å². The van der Waals surface area contributed by atoms with Crippen molar-refractivity contribution < 1.29 is 0 Å². The molecule has 3 heterocycles. The minimum absolute atomic E-state index is 0.445. The molecule has 1 atom stereocenters. The van der Waals surface area contributed by atoms with Crippen molar-refractivity contribution in [2.45, 2.75) is 39.7 Å². The average molecular weight is 287 g/mol. The van der Waals surface area contributed by atoms with E-state index in [0.717, 1.165) is 31.1 Å². The van der Waals surface area contributed by atoms with Crippen molar-refractivity contribution in [1.82, 2.24) is 19.9 Å². The fourth-order valence-electron chi connectivity index (χ4n) is 3.17. The molecule has 0 aromatic carbocycles. The SMILES string of the molecule is Cc1cc(N(CC2CCCNC2)C(C)C)n2ncnc2c1. The zero-order valence-electron chi connectivity index (χ0n) is 13.2. The molecule has 114 valence electrons. The molecule has 5 nitrogen and oxygen atoms in total. The number of nitrogens with zero attached hydrogens (tertiary/aromatic N) is 4. The van der Waals surface area contributed by atoms with Crippen molar-refractivity contribution in [1.29, 1.82) is 0 Å². The van der Waals surface area contributed by atoms with Gasteiger partial charge in [-0.25, -0.2) is 4.98 Å². The van der Waals surface area contributed by atoms with Crippen LogP contribution >= 0.6 is 0 Å². The number of rotatable bonds is 4. The Morgan fingerprint density at radius 2 is 2.29 bits per heavy atom. The highest BCUT2D eigenvalue weighted by molar-refractivity contribution is 5.53. The summed E-state index contributed by atoms with van der Waals surface area (Å²) in [6, 6.07) is 4.75. The third-order valence-corrected chi connectivity index (χ3v) is 4.28. The van der Waals surface area contributed by atoms with Gasteiger partial charge in [-0.2, -0.15) is 9.61 Å². The van der Waals surface area contributed by atoms with Gasteiger partial charge >= 0.3 is 0 Å². The first-order valence-electron chi connectivity index (χ1n) is 7.93. The summed E-state index contributed by atoms with van der Waals surface area (Å²) in [6.07, 6.45) is 4.23. The molecule has 1 aliphatic rings. The summed E-state index contributed by atoms with van der Waals surface area (Å²) in [5, 5.41) is 7.92. The average Bonchev–Trinajstić information content (AvgIpc) is 2.93. The summed E-state index contributed by atoms with van der Waals surface area (Å²) in [6.45, 7) is 9.98. The number of anilines is 1. The first-order chi connectivity index (χ1) is 10.1. The Morgan fingerprint density at radius 3 is 3.00 bits per heavy atom. The van der Waals surface area contributed by atoms with Crippen molar-refractivity contribution in [3.8, 4) is 0 Å². The highest BCUT2D eigenvalue weighted by atomic mass is 15.4. The Bertz CT molecular complexity index is 598. The van der Waals surface area contributed by atoms with E-state index in [1.807, 2.05) is 4.52 Å². The van der Waals surface area contributed by atoms with Crippen LogP contribution in [0.4, 0.5) is 5.82 Å². The smallest absolute Gasteiger partial charge is 0.157 e. The molecule has 0 amide bonds. The van der Waals surface area contributed by atoms with Crippen LogP contribution in [0.5, 0.6) is 0 Å². The van der Waals surface area contributed by atoms with E-state index in [-0.39, 0.29) is 0 Å². The maximum atomic E-state index is 4.40. The summed E-state index contributed by atoms with van der Waals surface area (Å²) in [4.78, 5) is 6.81. The van der Waals surface area contributed by atoms with E-state index in [0.29, 0.717) is 12.0 Å². The summed E-state index contributed by atoms with van der Waals surface area (Å²) in [7, 11) is 0. The van der Waals surface area contributed by atoms with Gasteiger partial charge in [0.1, 0.15) is 12.1 Å². The van der Waals surface area contributed by atoms with Gasteiger partial charge in [-0.1, -0.05) is 0 Å². The van der Waals surface area contributed by atoms with Crippen LogP contribution < -0.4 is 10.2 Å². The molecule has 1 aliphatic heterocycles. The molecular weight excluding hydrogens is 262 g/mol. The maximum absolute atomic E-state index is 4.40. The van der Waals surface area contributed by atoms with Crippen LogP contribution in [0.15, 0.2) is 18.5 Å². The normalized spacial score (nSPS) is 19.3. The Kier molecular flexibility index (Phi) is 4.10. The second-order valence-corrected chi connectivity index (χ2v) is 6.38. The number of nitrogens with one attached hydrogen (secondary N) is 1. The minimum atomic E-state index is 0.445. The molecule has 1 saturated heterocycles. The molecule has 3 rings (SSSR count). The molecule has 0 radical (unpaired) electrons. The fourth-order valence-corrected chi connectivity index (χ4v) is 3.17. The van der Waals surface area contributed by atoms with Gasteiger partial charge in [0.25, 0.3) is 0 Å². The molecule has 2 aromatic heterocycles. The van der Waals surface area contributed by atoms with Crippen LogP contribution in [0, 0.1) is 12.8 Å². The lowest BCUT2D eigenvalue weighted by Gasteiger charge is -2.34. The molecule has 1 fully saturated rings. The van der Waals surface area contributed by atoms with E-state index < -0.39 is 0 Å². The predicted octanol–water partition coefficient (Wildman–Crippen LogP) is 2.25. The van der Waals surface area contributed by atoms with E-state index in [1.165, 1.54) is 18.4 Å². The molecule has 2 aromatic rings. The summed E-state index contributed by atoms with van der Waals surface area (Å²) in [5.41, 5.74) is 2.16. The highest BCUT2D eigenvalue weighted by Crippen LogP contribution is 2.23. The molecular formula is C16H25N5. The number of pyridine rings is 1. The third kappa shape index (κ3) is 3.02. The number of hydrogen-bond acceptors (Lipinski definition) is 4. The number of fused-ring (bicyclic) bond motifs is 1. The predicted molar refractivity (Wildman–Crippen MR) is 85.8 cm³/mol. The van der Waals surface area contributed by atoms with Crippen molar-refractivity contribution in [2.24, 2.45) is 5.92 Å². The highest BCUT2D eigenvalue weighted by Gasteiger charge is 2.21. The van der Waals surface area contributed by atoms with Crippen LogP contribution in [0.25, 0.3) is 5.65 Å². The van der Waals surface area contributed by atoms with Crippen LogP contribution in [0.1, 0.15) is 32.3 Å². The lowest BCUT2D eigenvalue weighted by molar-refractivity contribution is 0.369. The lowest BCUT2D eigenvalue weighted by Crippen LogP contribution is -2.42. The summed E-state index contributed by atoms with van der Waals surface area (Å²) < 4.78 is 1.96. The van der Waals surface area contributed by atoms with E-state index in [1.54, 1.807) is 6.33 Å². The number of hydrogen-bond donors (Lipinski definition) is 1. The van der Waals surface area contributed by atoms with Gasteiger partial charge in [-0.15, -0.1) is 0 Å². The quantitative estimate of drug-likeness (QED) is 0.937. The van der Waals surface area contributed by atoms with Gasteiger partial charge in [0.05, 0.1) is 0 Å². The molecule has 1 N–H and O–H groups in total. The Balaban J connectivity index is 1.93. The summed E-state index contributed by atoms with van der Waals surface area (Å²) >= 11 is 0. The second-order valence-electron chi connectivity index (χ2n) is 6.38. The lowest BCUT2D eigenvalue weighted by atomic mass is 9.98. The van der Waals surface area contributed by atoms with Crippen molar-refractivity contribution in [2.75, 3.05) is 24.5 Å². The van der Waals surface area contributed by atoms with Crippen molar-refractivity contribution in [3.63, 3.8) is 0 Å². The monoisotopic (exact) mass is 287 g/mol. The van der Waals surface area contributed by atoms with E-state index in [2.05, 4.69) is 53.2 Å². The first kappa shape index (κ1) is 14.3. The van der Waals surface area contributed by atoms with Gasteiger partial charge < -0.3 is 10.2 Å². The van der Waals surface area contributed by atoms with Gasteiger partial charge in [0, 0.05) is 12.6 Å². The van der Waals surface area contributed by atoms with Crippen LogP contribution in [0.3, 0.4) is 0 Å². The van der Waals surface area contributed by atoms with E-state index in [4.69, 9.17) is 0 Å². The topological polar surface area (TPSA) is 45.5 Å². The maximum Gasteiger partial charge on any atom is 0.157 e. The zero-order valence-corrected chi connectivity index (χ0v) is 13.2. The second kappa shape index (κ2) is 6.02. The molecule has 0 aliphatic carbocycles. The van der Waals surface area contributed by atoms with Crippen molar-refractivity contribution >= 4 is 11.5 Å². The molecule has 0 bridgehead atoms. The van der Waals surface area contributed by atoms with Gasteiger partial charge in [-0.05, 0) is 70.3 Å². The largest absolute Gasteiger partial charge is 0.354 e. The number of aromatic nitrogens is 3. The van der Waals surface area contributed by atoms with Gasteiger partial charge in [-0.3, -0.25) is 0 Å². The van der Waals surface area contributed by atoms with Gasteiger partial charge in [0.15, 0.2) is 5.65 Å². The minimum Gasteiger partial charge on any atom is -0.354 e. The number of aryl methyl sites for hydroxylation is 1. The fraction of sp³-hybridized carbons (Fsp3) is 0.625. The first-order valence-corrected chi connectivity index (χ1v) is 7.93. The number of piperidine rings is 1. The third-order valence-electron chi connectivity index (χ3n) is 4.28.